The lowest BCUT2D eigenvalue weighted by atomic mass is 9.69. The normalized spacial score (nSPS) is 20.4. The van der Waals surface area contributed by atoms with Gasteiger partial charge < -0.3 is 28.8 Å². The van der Waals surface area contributed by atoms with Crippen molar-refractivity contribution in [3.63, 3.8) is 0 Å². The van der Waals surface area contributed by atoms with Gasteiger partial charge >= 0.3 is 5.69 Å². The molecule has 58 heavy (non-hydrogen) atoms. The number of rotatable bonds is 12. The molecule has 6 aromatic carbocycles. The average Bonchev–Trinajstić information content (AvgIpc) is 3.57. The van der Waals surface area contributed by atoms with Gasteiger partial charge in [-0.2, -0.15) is 0 Å². The molecule has 2 N–H and O–H groups in total. The summed E-state index contributed by atoms with van der Waals surface area (Å²) in [7, 11) is 3.27. The van der Waals surface area contributed by atoms with Crippen LogP contribution in [0.15, 0.2) is 167 Å². The summed E-state index contributed by atoms with van der Waals surface area (Å²) in [6.07, 6.45) is 5.16. The van der Waals surface area contributed by atoms with Gasteiger partial charge in [-0.3, -0.25) is 14.3 Å². The summed E-state index contributed by atoms with van der Waals surface area (Å²) in [6.45, 7) is 2.01. The maximum absolute atomic E-state index is 13.3. The molecule has 0 radical (unpaired) electrons. The SMILES string of the molecule is COC1=CC(C)C(C(OCC2=C(O)C(OCc3ccc4ccc5cccc6ccc3c4c56)[C@H](n3ccc(=O)[nH]c3=O)O2)(c2ccccc2)c2ccc(OC)cc2)C=C1. The van der Waals surface area contributed by atoms with E-state index in [9.17, 15) is 14.7 Å². The molecular formula is C48H42N2O8. The van der Waals surface area contributed by atoms with Crippen LogP contribution in [-0.2, 0) is 31.2 Å². The number of H-pyrrole nitrogens is 1. The van der Waals surface area contributed by atoms with Crippen molar-refractivity contribution in [1.29, 1.82) is 0 Å². The number of hydrogen-bond acceptors (Lipinski definition) is 8. The first-order chi connectivity index (χ1) is 28.3. The summed E-state index contributed by atoms with van der Waals surface area (Å²) < 4.78 is 32.6. The van der Waals surface area contributed by atoms with Crippen LogP contribution < -0.4 is 16.0 Å². The van der Waals surface area contributed by atoms with E-state index in [0.717, 1.165) is 49.4 Å². The van der Waals surface area contributed by atoms with Crippen LogP contribution in [0.3, 0.4) is 0 Å². The van der Waals surface area contributed by atoms with Gasteiger partial charge in [0.05, 0.1) is 20.8 Å². The fraction of sp³-hybridized carbons (Fsp3) is 0.208. The molecule has 0 bridgehead atoms. The van der Waals surface area contributed by atoms with Crippen LogP contribution in [0.2, 0.25) is 0 Å². The number of aromatic amines is 1. The molecule has 7 aromatic rings. The third kappa shape index (κ3) is 6.31. The first-order valence-electron chi connectivity index (χ1n) is 19.2. The Balaban J connectivity index is 1.11. The fourth-order valence-electron chi connectivity index (χ4n) is 8.71. The molecule has 1 aromatic heterocycles. The molecule has 2 aliphatic rings. The lowest BCUT2D eigenvalue weighted by molar-refractivity contribution is -0.0846. The zero-order valence-electron chi connectivity index (χ0n) is 32.3. The van der Waals surface area contributed by atoms with E-state index < -0.39 is 29.2 Å². The molecule has 10 heteroatoms. The molecule has 0 fully saturated rings. The van der Waals surface area contributed by atoms with E-state index in [0.29, 0.717) is 5.75 Å². The second-order valence-corrected chi connectivity index (χ2v) is 14.8. The molecule has 1 aliphatic heterocycles. The van der Waals surface area contributed by atoms with E-state index in [4.69, 9.17) is 23.7 Å². The molecule has 9 rings (SSSR count). The van der Waals surface area contributed by atoms with Crippen LogP contribution in [0, 0.1) is 11.8 Å². The molecule has 0 saturated heterocycles. The highest BCUT2D eigenvalue weighted by Crippen LogP contribution is 2.48. The third-order valence-corrected chi connectivity index (χ3v) is 11.6. The van der Waals surface area contributed by atoms with E-state index in [1.165, 1.54) is 22.2 Å². The molecule has 2 heterocycles. The molecule has 0 spiro atoms. The van der Waals surface area contributed by atoms with Gasteiger partial charge in [-0.1, -0.05) is 110 Å². The second-order valence-electron chi connectivity index (χ2n) is 14.8. The van der Waals surface area contributed by atoms with Crippen molar-refractivity contribution in [1.82, 2.24) is 9.55 Å². The van der Waals surface area contributed by atoms with Gasteiger partial charge in [0.1, 0.15) is 23.7 Å². The Hall–Kier alpha value is -6.62. The van der Waals surface area contributed by atoms with Gasteiger partial charge in [0, 0.05) is 18.2 Å². The maximum Gasteiger partial charge on any atom is 0.331 e. The van der Waals surface area contributed by atoms with Crippen LogP contribution in [0.5, 0.6) is 5.75 Å². The largest absolute Gasteiger partial charge is 0.506 e. The predicted octanol–water partition coefficient (Wildman–Crippen LogP) is 8.64. The van der Waals surface area contributed by atoms with Gasteiger partial charge in [0.15, 0.2) is 17.6 Å². The summed E-state index contributed by atoms with van der Waals surface area (Å²) in [4.78, 5) is 27.7. The number of nitrogens with one attached hydrogen (secondary N) is 1. The van der Waals surface area contributed by atoms with Gasteiger partial charge in [-0.05, 0) is 79.2 Å². The van der Waals surface area contributed by atoms with Gasteiger partial charge in [-0.15, -0.1) is 0 Å². The lowest BCUT2D eigenvalue weighted by Crippen LogP contribution is -2.42. The smallest absolute Gasteiger partial charge is 0.331 e. The zero-order valence-corrected chi connectivity index (χ0v) is 32.3. The number of allylic oxidation sites excluding steroid dienone is 2. The second kappa shape index (κ2) is 15.0. The Morgan fingerprint density at radius 2 is 1.48 bits per heavy atom. The maximum atomic E-state index is 13.3. The fourth-order valence-corrected chi connectivity index (χ4v) is 8.71. The molecule has 5 atom stereocenters. The Morgan fingerprint density at radius 1 is 0.776 bits per heavy atom. The van der Waals surface area contributed by atoms with Crippen molar-refractivity contribution in [3.05, 3.63) is 194 Å². The summed E-state index contributed by atoms with van der Waals surface area (Å²) in [5, 5.41) is 18.8. The minimum atomic E-state index is -1.16. The van der Waals surface area contributed by atoms with Gasteiger partial charge in [0.25, 0.3) is 5.56 Å². The summed E-state index contributed by atoms with van der Waals surface area (Å²) in [6, 6.07) is 37.8. The zero-order chi connectivity index (χ0) is 40.0. The van der Waals surface area contributed by atoms with Gasteiger partial charge in [-0.25, -0.2) is 4.79 Å². The molecule has 292 valence electrons. The number of methoxy groups -OCH3 is 2. The summed E-state index contributed by atoms with van der Waals surface area (Å²) in [5.41, 5.74) is 0.259. The van der Waals surface area contributed by atoms with E-state index >= 15 is 0 Å². The van der Waals surface area contributed by atoms with Crippen molar-refractivity contribution in [2.75, 3.05) is 20.8 Å². The number of hydrogen-bond donors (Lipinski definition) is 2. The molecule has 0 amide bonds. The molecular weight excluding hydrogens is 733 g/mol. The third-order valence-electron chi connectivity index (χ3n) is 11.6. The highest BCUT2D eigenvalue weighted by atomic mass is 16.6. The number of benzene rings is 6. The average molecular weight is 775 g/mol. The van der Waals surface area contributed by atoms with E-state index in [1.807, 2.05) is 66.7 Å². The number of ether oxygens (including phenoxy) is 5. The summed E-state index contributed by atoms with van der Waals surface area (Å²) in [5.74, 6) is 1.02. The molecule has 10 nitrogen and oxygen atoms in total. The number of nitrogens with zero attached hydrogens (tertiary/aromatic N) is 1. The summed E-state index contributed by atoms with van der Waals surface area (Å²) >= 11 is 0. The minimum absolute atomic E-state index is 0.0527. The van der Waals surface area contributed by atoms with Crippen molar-refractivity contribution >= 4 is 32.3 Å². The Morgan fingerprint density at radius 3 is 2.19 bits per heavy atom. The van der Waals surface area contributed by atoms with Crippen LogP contribution in [0.1, 0.15) is 29.8 Å². The number of aromatic nitrogens is 2. The van der Waals surface area contributed by atoms with Crippen molar-refractivity contribution in [2.24, 2.45) is 11.8 Å². The Labute approximate surface area is 334 Å². The quantitative estimate of drug-likeness (QED) is 0.118. The minimum Gasteiger partial charge on any atom is -0.506 e. The van der Waals surface area contributed by atoms with E-state index in [1.54, 1.807) is 14.2 Å². The standard InChI is InChI=1S/C48H42N2O8/c1-29-26-37(55-3)21-23-39(29)48(34-10-5-4-6-11-34,35-17-19-36(54-2)20-18-35)57-28-40-44(52)45(46(58-40)50-25-24-41(51)49-47(50)53)56-27-33-15-14-32-13-12-30-8-7-9-31-16-22-38(33)43(32)42(30)31/h4-26,29,39,45-46,52H,27-28H2,1-3H3,(H,49,51,53)/t29?,39?,45?,46-,48?/m1/s1. The monoisotopic (exact) mass is 774 g/mol. The Kier molecular flexibility index (Phi) is 9.59. The van der Waals surface area contributed by atoms with Gasteiger partial charge in [0.2, 0.25) is 6.23 Å². The lowest BCUT2D eigenvalue weighted by Gasteiger charge is -2.43. The van der Waals surface area contributed by atoms with Crippen LogP contribution >= 0.6 is 0 Å². The molecule has 1 aliphatic carbocycles. The van der Waals surface area contributed by atoms with Crippen LogP contribution in [0.4, 0.5) is 0 Å². The van der Waals surface area contributed by atoms with E-state index in [2.05, 4.69) is 72.6 Å². The molecule has 4 unspecified atom stereocenters. The number of aliphatic hydroxyl groups excluding tert-OH is 1. The van der Waals surface area contributed by atoms with E-state index in [-0.39, 0.29) is 36.6 Å². The van der Waals surface area contributed by atoms with Crippen LogP contribution in [0.25, 0.3) is 32.3 Å². The topological polar surface area (TPSA) is 121 Å². The van der Waals surface area contributed by atoms with Crippen molar-refractivity contribution in [3.8, 4) is 5.75 Å². The predicted molar refractivity (Wildman–Crippen MR) is 223 cm³/mol. The highest BCUT2D eigenvalue weighted by molar-refractivity contribution is 6.23. The number of aliphatic hydroxyl groups is 1. The first-order valence-corrected chi connectivity index (χ1v) is 19.2. The molecule has 0 saturated carbocycles. The highest BCUT2D eigenvalue weighted by Gasteiger charge is 2.47. The Bertz CT molecular complexity index is 2820. The van der Waals surface area contributed by atoms with Crippen molar-refractivity contribution < 1.29 is 28.8 Å². The van der Waals surface area contributed by atoms with Crippen LogP contribution in [-0.4, -0.2) is 41.6 Å². The van der Waals surface area contributed by atoms with Crippen molar-refractivity contribution in [2.45, 2.75) is 31.5 Å². The first kappa shape index (κ1) is 37.0.